The Morgan fingerprint density at radius 1 is 0.941 bits per heavy atom. The van der Waals surface area contributed by atoms with Gasteiger partial charge in [0.25, 0.3) is 0 Å². The van der Waals surface area contributed by atoms with Crippen molar-refractivity contribution in [3.8, 4) is 22.6 Å². The fraction of sp³-hybridized carbons (Fsp3) is 0.154. The van der Waals surface area contributed by atoms with Crippen molar-refractivity contribution in [2.75, 3.05) is 14.2 Å². The molecular weight excluding hydrogens is 282 g/mol. The van der Waals surface area contributed by atoms with E-state index in [1.54, 1.807) is 20.4 Å². The molecule has 0 aliphatic carbocycles. The zero-order chi connectivity index (χ0) is 11.4. The van der Waals surface area contributed by atoms with Crippen LogP contribution < -0.4 is 9.47 Å². The van der Waals surface area contributed by atoms with Crippen LogP contribution in [0.25, 0.3) is 11.1 Å². The van der Waals surface area contributed by atoms with Gasteiger partial charge in [0.05, 0.1) is 14.2 Å². The Bertz CT molecular complexity index is 474. The molecule has 0 amide bonds. The van der Waals surface area contributed by atoms with Crippen molar-refractivity contribution in [3.05, 3.63) is 42.7 Å². The van der Waals surface area contributed by atoms with Crippen LogP contribution in [0.15, 0.2) is 42.7 Å². The number of benzene rings is 1. The van der Waals surface area contributed by atoms with Crippen LogP contribution in [0.1, 0.15) is 0 Å². The SMILES string of the molecule is Br.COc1ccc(-c2cccnc2)cc1OC. The van der Waals surface area contributed by atoms with Gasteiger partial charge in [0.1, 0.15) is 0 Å². The van der Waals surface area contributed by atoms with Gasteiger partial charge in [-0.15, -0.1) is 17.0 Å². The van der Waals surface area contributed by atoms with E-state index in [9.17, 15) is 0 Å². The molecule has 2 rings (SSSR count). The average molecular weight is 296 g/mol. The zero-order valence-corrected chi connectivity index (χ0v) is 11.4. The van der Waals surface area contributed by atoms with Gasteiger partial charge >= 0.3 is 0 Å². The molecule has 0 unspecified atom stereocenters. The van der Waals surface area contributed by atoms with Crippen LogP contribution in [0, 0.1) is 0 Å². The first kappa shape index (κ1) is 13.5. The number of halogens is 1. The number of methoxy groups -OCH3 is 2. The van der Waals surface area contributed by atoms with Crippen LogP contribution >= 0.6 is 17.0 Å². The minimum Gasteiger partial charge on any atom is -0.493 e. The van der Waals surface area contributed by atoms with Crippen LogP contribution in [-0.2, 0) is 0 Å². The fourth-order valence-electron chi connectivity index (χ4n) is 1.55. The summed E-state index contributed by atoms with van der Waals surface area (Å²) in [6.45, 7) is 0. The average Bonchev–Trinajstić information content (AvgIpc) is 2.39. The number of hydrogen-bond acceptors (Lipinski definition) is 3. The Labute approximate surface area is 111 Å². The molecule has 1 aromatic heterocycles. The van der Waals surface area contributed by atoms with Crippen LogP contribution in [0.2, 0.25) is 0 Å². The molecule has 0 N–H and O–H groups in total. The van der Waals surface area contributed by atoms with E-state index in [0.29, 0.717) is 0 Å². The number of aromatic nitrogens is 1. The van der Waals surface area contributed by atoms with Crippen molar-refractivity contribution in [1.29, 1.82) is 0 Å². The number of rotatable bonds is 3. The van der Waals surface area contributed by atoms with Gasteiger partial charge in [0.2, 0.25) is 0 Å². The molecule has 0 saturated heterocycles. The Balaban J connectivity index is 0.00000144. The summed E-state index contributed by atoms with van der Waals surface area (Å²) < 4.78 is 10.4. The largest absolute Gasteiger partial charge is 0.493 e. The molecular formula is C13H14BrNO2. The maximum atomic E-state index is 5.25. The van der Waals surface area contributed by atoms with Crippen molar-refractivity contribution < 1.29 is 9.47 Å². The van der Waals surface area contributed by atoms with Gasteiger partial charge in [-0.1, -0.05) is 12.1 Å². The summed E-state index contributed by atoms with van der Waals surface area (Å²) >= 11 is 0. The highest BCUT2D eigenvalue weighted by Gasteiger charge is 2.05. The maximum Gasteiger partial charge on any atom is 0.161 e. The number of ether oxygens (including phenoxy) is 2. The molecule has 1 heterocycles. The normalized spacial score (nSPS) is 9.29. The van der Waals surface area contributed by atoms with Gasteiger partial charge in [-0.2, -0.15) is 0 Å². The fourth-order valence-corrected chi connectivity index (χ4v) is 1.55. The summed E-state index contributed by atoms with van der Waals surface area (Å²) in [4.78, 5) is 4.09. The molecule has 0 atom stereocenters. The highest BCUT2D eigenvalue weighted by atomic mass is 79.9. The Kier molecular flexibility index (Phi) is 4.97. The van der Waals surface area contributed by atoms with Crippen molar-refractivity contribution >= 4 is 17.0 Å². The van der Waals surface area contributed by atoms with Crippen molar-refractivity contribution in [1.82, 2.24) is 4.98 Å². The number of pyridine rings is 1. The summed E-state index contributed by atoms with van der Waals surface area (Å²) in [7, 11) is 3.26. The molecule has 0 radical (unpaired) electrons. The van der Waals surface area contributed by atoms with Gasteiger partial charge in [-0.25, -0.2) is 0 Å². The summed E-state index contributed by atoms with van der Waals surface area (Å²) in [5, 5.41) is 0. The van der Waals surface area contributed by atoms with E-state index in [1.165, 1.54) is 0 Å². The highest BCUT2D eigenvalue weighted by molar-refractivity contribution is 8.93. The van der Waals surface area contributed by atoms with Gasteiger partial charge in [0, 0.05) is 18.0 Å². The maximum absolute atomic E-state index is 5.25. The second kappa shape index (κ2) is 6.25. The van der Waals surface area contributed by atoms with Gasteiger partial charge < -0.3 is 9.47 Å². The second-order valence-corrected chi connectivity index (χ2v) is 3.31. The summed E-state index contributed by atoms with van der Waals surface area (Å²) in [6, 6.07) is 9.73. The Morgan fingerprint density at radius 3 is 2.29 bits per heavy atom. The molecule has 90 valence electrons. The van der Waals surface area contributed by atoms with E-state index in [2.05, 4.69) is 4.98 Å². The standard InChI is InChI=1S/C13H13NO2.BrH/c1-15-12-6-5-10(8-13(12)16-2)11-4-3-7-14-9-11;/h3-9H,1-2H3;1H. The van der Waals surface area contributed by atoms with E-state index in [0.717, 1.165) is 22.6 Å². The molecule has 0 fully saturated rings. The van der Waals surface area contributed by atoms with Gasteiger partial charge in [0.15, 0.2) is 11.5 Å². The molecule has 17 heavy (non-hydrogen) atoms. The third-order valence-electron chi connectivity index (χ3n) is 2.38. The first-order chi connectivity index (χ1) is 7.85. The monoisotopic (exact) mass is 295 g/mol. The van der Waals surface area contributed by atoms with Crippen LogP contribution in [-0.4, -0.2) is 19.2 Å². The smallest absolute Gasteiger partial charge is 0.161 e. The van der Waals surface area contributed by atoms with Crippen molar-refractivity contribution in [2.24, 2.45) is 0 Å². The third kappa shape index (κ3) is 2.97. The molecule has 0 spiro atoms. The van der Waals surface area contributed by atoms with Crippen LogP contribution in [0.3, 0.4) is 0 Å². The molecule has 0 aliphatic heterocycles. The lowest BCUT2D eigenvalue weighted by molar-refractivity contribution is 0.355. The van der Waals surface area contributed by atoms with Crippen LogP contribution in [0.4, 0.5) is 0 Å². The van der Waals surface area contributed by atoms with E-state index in [-0.39, 0.29) is 17.0 Å². The van der Waals surface area contributed by atoms with E-state index in [1.807, 2.05) is 36.5 Å². The lowest BCUT2D eigenvalue weighted by Gasteiger charge is -2.09. The van der Waals surface area contributed by atoms with E-state index in [4.69, 9.17) is 9.47 Å². The molecule has 0 saturated carbocycles. The number of hydrogen-bond donors (Lipinski definition) is 0. The first-order valence-corrected chi connectivity index (χ1v) is 4.97. The Hall–Kier alpha value is -1.55. The zero-order valence-electron chi connectivity index (χ0n) is 9.71. The van der Waals surface area contributed by atoms with E-state index < -0.39 is 0 Å². The van der Waals surface area contributed by atoms with Crippen molar-refractivity contribution in [3.63, 3.8) is 0 Å². The Morgan fingerprint density at radius 2 is 1.71 bits per heavy atom. The molecule has 3 nitrogen and oxygen atoms in total. The first-order valence-electron chi connectivity index (χ1n) is 4.97. The van der Waals surface area contributed by atoms with E-state index >= 15 is 0 Å². The third-order valence-corrected chi connectivity index (χ3v) is 2.38. The highest BCUT2D eigenvalue weighted by Crippen LogP contribution is 2.31. The quantitative estimate of drug-likeness (QED) is 0.870. The lowest BCUT2D eigenvalue weighted by atomic mass is 10.1. The lowest BCUT2D eigenvalue weighted by Crippen LogP contribution is -1.90. The minimum absolute atomic E-state index is 0. The summed E-state index contributed by atoms with van der Waals surface area (Å²) in [5.74, 6) is 1.46. The molecule has 0 aliphatic rings. The minimum atomic E-state index is 0. The predicted molar refractivity (Wildman–Crippen MR) is 73.1 cm³/mol. The van der Waals surface area contributed by atoms with Gasteiger partial charge in [-0.3, -0.25) is 4.98 Å². The molecule has 0 bridgehead atoms. The predicted octanol–water partition coefficient (Wildman–Crippen LogP) is 3.34. The van der Waals surface area contributed by atoms with Crippen molar-refractivity contribution in [2.45, 2.75) is 0 Å². The molecule has 2 aromatic rings. The topological polar surface area (TPSA) is 31.4 Å². The second-order valence-electron chi connectivity index (χ2n) is 3.31. The molecule has 1 aromatic carbocycles. The molecule has 4 heteroatoms. The number of nitrogens with zero attached hydrogens (tertiary/aromatic N) is 1. The van der Waals surface area contributed by atoms with Crippen LogP contribution in [0.5, 0.6) is 11.5 Å². The summed E-state index contributed by atoms with van der Waals surface area (Å²) in [5.41, 5.74) is 2.12. The summed E-state index contributed by atoms with van der Waals surface area (Å²) in [6.07, 6.45) is 3.57. The van der Waals surface area contributed by atoms with Gasteiger partial charge in [-0.05, 0) is 23.8 Å².